The average Bonchev–Trinajstić information content (AvgIpc) is 2.29. The predicted molar refractivity (Wildman–Crippen MR) is 57.9 cm³/mol. The molecule has 0 aliphatic carbocycles. The molecule has 83 valence electrons. The van der Waals surface area contributed by atoms with E-state index in [1.807, 2.05) is 24.3 Å². The summed E-state index contributed by atoms with van der Waals surface area (Å²) in [5, 5.41) is 8.53. The zero-order chi connectivity index (χ0) is 10.8. The molecular weight excluding hydrogens is 192 g/mol. The maximum Gasteiger partial charge on any atom is 0.119 e. The van der Waals surface area contributed by atoms with Crippen LogP contribution in [-0.2, 0) is 4.74 Å². The van der Waals surface area contributed by atoms with Crippen LogP contribution in [0, 0.1) is 6.07 Å². The quantitative estimate of drug-likeness (QED) is 0.662. The lowest BCUT2D eigenvalue weighted by molar-refractivity contribution is 0.0944. The van der Waals surface area contributed by atoms with E-state index < -0.39 is 0 Å². The monoisotopic (exact) mass is 209 g/mol. The fourth-order valence-corrected chi connectivity index (χ4v) is 1.10. The third kappa shape index (κ3) is 6.10. The van der Waals surface area contributed by atoms with Crippen molar-refractivity contribution in [2.75, 3.05) is 26.4 Å². The molecule has 0 aliphatic rings. The van der Waals surface area contributed by atoms with E-state index in [9.17, 15) is 0 Å². The fraction of sp³-hybridized carbons (Fsp3) is 0.500. The van der Waals surface area contributed by atoms with Crippen LogP contribution in [0.4, 0.5) is 0 Å². The first-order valence-electron chi connectivity index (χ1n) is 5.21. The molecule has 0 aromatic heterocycles. The zero-order valence-electron chi connectivity index (χ0n) is 8.82. The first-order chi connectivity index (χ1) is 7.43. The molecule has 3 heteroatoms. The van der Waals surface area contributed by atoms with Gasteiger partial charge in [-0.15, -0.1) is 0 Å². The highest BCUT2D eigenvalue weighted by molar-refractivity contribution is 5.20. The summed E-state index contributed by atoms with van der Waals surface area (Å²) in [6.45, 7) is 2.07. The highest BCUT2D eigenvalue weighted by atomic mass is 16.5. The summed E-state index contributed by atoms with van der Waals surface area (Å²) in [4.78, 5) is 0. The third-order valence-electron chi connectivity index (χ3n) is 1.88. The zero-order valence-corrected chi connectivity index (χ0v) is 8.82. The molecule has 1 aromatic carbocycles. The number of hydrogen-bond donors (Lipinski definition) is 1. The molecule has 15 heavy (non-hydrogen) atoms. The summed E-state index contributed by atoms with van der Waals surface area (Å²) in [6.07, 6.45) is 1.70. The van der Waals surface area contributed by atoms with Gasteiger partial charge in [-0.05, 0) is 31.0 Å². The van der Waals surface area contributed by atoms with Crippen molar-refractivity contribution in [1.29, 1.82) is 0 Å². The van der Waals surface area contributed by atoms with Crippen molar-refractivity contribution in [3.8, 4) is 5.75 Å². The van der Waals surface area contributed by atoms with Crippen molar-refractivity contribution in [1.82, 2.24) is 0 Å². The first-order valence-corrected chi connectivity index (χ1v) is 5.21. The Morgan fingerprint density at radius 2 is 1.87 bits per heavy atom. The molecule has 1 aromatic rings. The van der Waals surface area contributed by atoms with Crippen LogP contribution in [0.25, 0.3) is 0 Å². The normalized spacial score (nSPS) is 10.2. The number of aliphatic hydroxyl groups is 1. The Bertz CT molecular complexity index is 236. The number of rotatable bonds is 8. The molecule has 0 unspecified atom stereocenters. The Hall–Kier alpha value is -1.06. The largest absolute Gasteiger partial charge is 0.491 e. The second-order valence-electron chi connectivity index (χ2n) is 3.13. The molecule has 0 fully saturated rings. The second-order valence-corrected chi connectivity index (χ2v) is 3.13. The molecular formula is C12H17O3. The second kappa shape index (κ2) is 8.26. The molecule has 0 spiro atoms. The lowest BCUT2D eigenvalue weighted by Gasteiger charge is -2.06. The molecule has 0 atom stereocenters. The van der Waals surface area contributed by atoms with Gasteiger partial charge in [-0.25, -0.2) is 0 Å². The Labute approximate surface area is 90.6 Å². The maximum atomic E-state index is 8.53. The van der Waals surface area contributed by atoms with Crippen molar-refractivity contribution < 1.29 is 14.6 Å². The van der Waals surface area contributed by atoms with E-state index in [0.717, 1.165) is 18.6 Å². The van der Waals surface area contributed by atoms with Crippen LogP contribution in [0.15, 0.2) is 24.3 Å². The number of hydrogen-bond acceptors (Lipinski definition) is 3. The first kappa shape index (κ1) is 12.0. The number of ether oxygens (including phenoxy) is 2. The van der Waals surface area contributed by atoms with Gasteiger partial charge < -0.3 is 14.6 Å². The van der Waals surface area contributed by atoms with E-state index in [1.54, 1.807) is 0 Å². The number of benzene rings is 1. The summed E-state index contributed by atoms with van der Waals surface area (Å²) in [5.74, 6) is 0.840. The van der Waals surface area contributed by atoms with Gasteiger partial charge in [0.1, 0.15) is 12.4 Å². The van der Waals surface area contributed by atoms with Crippen LogP contribution in [0.2, 0.25) is 0 Å². The van der Waals surface area contributed by atoms with Gasteiger partial charge in [-0.2, -0.15) is 0 Å². The molecule has 0 amide bonds. The molecule has 0 aliphatic heterocycles. The Morgan fingerprint density at radius 3 is 2.60 bits per heavy atom. The summed E-state index contributed by atoms with van der Waals surface area (Å²) < 4.78 is 10.7. The van der Waals surface area contributed by atoms with Crippen LogP contribution in [0.3, 0.4) is 0 Å². The van der Waals surface area contributed by atoms with E-state index in [0.29, 0.717) is 19.8 Å². The number of aliphatic hydroxyl groups excluding tert-OH is 1. The SMILES string of the molecule is OCCCCOCCOc1cc[c]cc1. The van der Waals surface area contributed by atoms with Crippen LogP contribution in [0.5, 0.6) is 5.75 Å². The van der Waals surface area contributed by atoms with E-state index >= 15 is 0 Å². The van der Waals surface area contributed by atoms with Crippen molar-refractivity contribution in [2.24, 2.45) is 0 Å². The molecule has 1 radical (unpaired) electrons. The van der Waals surface area contributed by atoms with Gasteiger partial charge in [-0.1, -0.05) is 12.1 Å². The minimum absolute atomic E-state index is 0.236. The number of unbranched alkanes of at least 4 members (excludes halogenated alkanes) is 1. The fourth-order valence-electron chi connectivity index (χ4n) is 1.10. The van der Waals surface area contributed by atoms with Crippen molar-refractivity contribution in [3.05, 3.63) is 30.3 Å². The minimum Gasteiger partial charge on any atom is -0.491 e. The Balaban J connectivity index is 1.93. The Morgan fingerprint density at radius 1 is 1.07 bits per heavy atom. The minimum atomic E-state index is 0.236. The van der Waals surface area contributed by atoms with E-state index in [-0.39, 0.29) is 6.61 Å². The molecule has 0 bridgehead atoms. The van der Waals surface area contributed by atoms with Gasteiger partial charge in [-0.3, -0.25) is 0 Å². The lowest BCUT2D eigenvalue weighted by Crippen LogP contribution is -2.07. The summed E-state index contributed by atoms with van der Waals surface area (Å²) in [6, 6.07) is 10.3. The Kier molecular flexibility index (Phi) is 6.62. The molecule has 1 rings (SSSR count). The summed E-state index contributed by atoms with van der Waals surface area (Å²) in [5.41, 5.74) is 0. The van der Waals surface area contributed by atoms with E-state index in [1.165, 1.54) is 0 Å². The smallest absolute Gasteiger partial charge is 0.119 e. The summed E-state index contributed by atoms with van der Waals surface area (Å²) in [7, 11) is 0. The van der Waals surface area contributed by atoms with Crippen LogP contribution >= 0.6 is 0 Å². The van der Waals surface area contributed by atoms with Crippen molar-refractivity contribution in [2.45, 2.75) is 12.8 Å². The van der Waals surface area contributed by atoms with Gasteiger partial charge in [0.2, 0.25) is 0 Å². The summed E-state index contributed by atoms with van der Waals surface area (Å²) >= 11 is 0. The lowest BCUT2D eigenvalue weighted by atomic mass is 10.3. The highest BCUT2D eigenvalue weighted by Crippen LogP contribution is 2.07. The third-order valence-corrected chi connectivity index (χ3v) is 1.88. The standard InChI is InChI=1S/C12H17O3/c13-8-4-5-9-14-10-11-15-12-6-2-1-3-7-12/h2-3,6-7,13H,4-5,8-11H2. The van der Waals surface area contributed by atoms with Gasteiger partial charge in [0.05, 0.1) is 6.61 Å². The topological polar surface area (TPSA) is 38.7 Å². The van der Waals surface area contributed by atoms with Crippen molar-refractivity contribution in [3.63, 3.8) is 0 Å². The maximum absolute atomic E-state index is 8.53. The average molecular weight is 209 g/mol. The highest BCUT2D eigenvalue weighted by Gasteiger charge is 1.92. The molecule has 0 saturated heterocycles. The van der Waals surface area contributed by atoms with E-state index in [4.69, 9.17) is 14.6 Å². The van der Waals surface area contributed by atoms with Crippen molar-refractivity contribution >= 4 is 0 Å². The molecule has 1 N–H and O–H groups in total. The van der Waals surface area contributed by atoms with Gasteiger partial charge in [0.25, 0.3) is 0 Å². The molecule has 0 heterocycles. The van der Waals surface area contributed by atoms with Crippen LogP contribution in [-0.4, -0.2) is 31.5 Å². The molecule has 0 saturated carbocycles. The van der Waals surface area contributed by atoms with Gasteiger partial charge in [0, 0.05) is 13.2 Å². The van der Waals surface area contributed by atoms with Crippen LogP contribution in [0.1, 0.15) is 12.8 Å². The molecule has 3 nitrogen and oxygen atoms in total. The predicted octanol–water partition coefficient (Wildman–Crippen LogP) is 1.65. The van der Waals surface area contributed by atoms with E-state index in [2.05, 4.69) is 6.07 Å². The van der Waals surface area contributed by atoms with Crippen LogP contribution < -0.4 is 4.74 Å². The van der Waals surface area contributed by atoms with Gasteiger partial charge in [0.15, 0.2) is 0 Å². The van der Waals surface area contributed by atoms with Gasteiger partial charge >= 0.3 is 0 Å².